The van der Waals surface area contributed by atoms with E-state index in [-0.39, 0.29) is 5.24 Å². The van der Waals surface area contributed by atoms with Gasteiger partial charge < -0.3 is 0 Å². The van der Waals surface area contributed by atoms with Crippen LogP contribution in [0.25, 0.3) is 0 Å². The van der Waals surface area contributed by atoms with Gasteiger partial charge in [0, 0.05) is 18.4 Å². The summed E-state index contributed by atoms with van der Waals surface area (Å²) in [6, 6.07) is 10.9. The molecular formula is C24H25ClO2. The van der Waals surface area contributed by atoms with Gasteiger partial charge in [0.2, 0.25) is 5.24 Å². The van der Waals surface area contributed by atoms with Crippen LogP contribution in [0.1, 0.15) is 69.4 Å². The van der Waals surface area contributed by atoms with Gasteiger partial charge in [0.25, 0.3) is 0 Å². The lowest BCUT2D eigenvalue weighted by molar-refractivity contribution is -0.111. The summed E-state index contributed by atoms with van der Waals surface area (Å²) in [6.45, 7) is 0. The van der Waals surface area contributed by atoms with E-state index < -0.39 is 0 Å². The van der Waals surface area contributed by atoms with Crippen LogP contribution < -0.4 is 0 Å². The molecule has 0 heterocycles. The highest BCUT2D eigenvalue weighted by Crippen LogP contribution is 2.30. The maximum Gasteiger partial charge on any atom is 0.221 e. The molecule has 0 unspecified atom stereocenters. The molecule has 0 fully saturated rings. The molecule has 0 saturated carbocycles. The highest BCUT2D eigenvalue weighted by atomic mass is 35.5. The van der Waals surface area contributed by atoms with Crippen molar-refractivity contribution in [3.63, 3.8) is 0 Å². The first-order valence-electron chi connectivity index (χ1n) is 10.1. The first-order chi connectivity index (χ1) is 13.1. The Kier molecular flexibility index (Phi) is 5.45. The molecule has 2 aromatic rings. The van der Waals surface area contributed by atoms with Crippen LogP contribution in [0.2, 0.25) is 0 Å². The molecule has 2 nitrogen and oxygen atoms in total. The minimum absolute atomic E-state index is 0.245. The molecule has 0 bridgehead atoms. The van der Waals surface area contributed by atoms with Crippen LogP contribution in [-0.4, -0.2) is 11.0 Å². The van der Waals surface area contributed by atoms with Crippen molar-refractivity contribution in [1.29, 1.82) is 0 Å². The fraction of sp³-hybridized carbons (Fsp3) is 0.417. The van der Waals surface area contributed by atoms with E-state index in [0.29, 0.717) is 12.2 Å². The number of ketones is 1. The third kappa shape index (κ3) is 4.16. The molecule has 0 aromatic heterocycles. The molecular weight excluding hydrogens is 356 g/mol. The van der Waals surface area contributed by atoms with E-state index in [4.69, 9.17) is 11.6 Å². The number of hydrogen-bond donors (Lipinski definition) is 0. The maximum atomic E-state index is 11.5. The van der Waals surface area contributed by atoms with Crippen LogP contribution in [0.4, 0.5) is 0 Å². The molecule has 3 heteroatoms. The molecule has 27 heavy (non-hydrogen) atoms. The smallest absolute Gasteiger partial charge is 0.221 e. The Bertz CT molecular complexity index is 897. The van der Waals surface area contributed by atoms with E-state index in [1.165, 1.54) is 71.9 Å². The second kappa shape index (κ2) is 7.98. The molecule has 2 aromatic carbocycles. The van der Waals surface area contributed by atoms with Gasteiger partial charge in [-0.15, -0.1) is 0 Å². The van der Waals surface area contributed by atoms with Gasteiger partial charge in [-0.1, -0.05) is 24.3 Å². The molecule has 0 atom stereocenters. The number of benzene rings is 2. The van der Waals surface area contributed by atoms with Gasteiger partial charge in [-0.3, -0.25) is 9.59 Å². The van der Waals surface area contributed by atoms with Crippen molar-refractivity contribution in [1.82, 2.24) is 0 Å². The van der Waals surface area contributed by atoms with Crippen LogP contribution in [0.15, 0.2) is 30.3 Å². The molecule has 0 radical (unpaired) electrons. The maximum absolute atomic E-state index is 11.5. The number of Topliss-reactive ketones (excluding diaryl/α,β-unsaturated/α-hetero) is 1. The van der Waals surface area contributed by atoms with Crippen molar-refractivity contribution < 1.29 is 9.59 Å². The molecule has 140 valence electrons. The number of halogens is 1. The lowest BCUT2D eigenvalue weighted by Crippen LogP contribution is -1.93. The van der Waals surface area contributed by atoms with Crippen molar-refractivity contribution in [2.45, 2.75) is 64.2 Å². The molecule has 0 saturated heterocycles. The molecule has 5 rings (SSSR count). The summed E-state index contributed by atoms with van der Waals surface area (Å²) in [5.74, 6) is 0.352. The Balaban J connectivity index is 0.000000134. The summed E-state index contributed by atoms with van der Waals surface area (Å²) in [4.78, 5) is 22.1. The van der Waals surface area contributed by atoms with E-state index in [0.717, 1.165) is 24.8 Å². The van der Waals surface area contributed by atoms with Gasteiger partial charge in [0.15, 0.2) is 5.78 Å². The predicted molar refractivity (Wildman–Crippen MR) is 109 cm³/mol. The SMILES string of the molecule is O=C(Cl)CCc1ccc2c(c1)CCC2.O=C1CCc2cc3c(cc21)CCC3. The minimum atomic E-state index is -0.245. The van der Waals surface area contributed by atoms with Crippen molar-refractivity contribution >= 4 is 22.6 Å². The van der Waals surface area contributed by atoms with E-state index in [9.17, 15) is 9.59 Å². The Hall–Kier alpha value is -1.93. The van der Waals surface area contributed by atoms with Crippen molar-refractivity contribution in [3.05, 3.63) is 69.3 Å². The second-order valence-electron chi connectivity index (χ2n) is 7.87. The van der Waals surface area contributed by atoms with Crippen molar-refractivity contribution in [2.75, 3.05) is 0 Å². The van der Waals surface area contributed by atoms with Gasteiger partial charge in [-0.25, -0.2) is 0 Å². The Morgan fingerprint density at radius 3 is 2.19 bits per heavy atom. The summed E-state index contributed by atoms with van der Waals surface area (Å²) in [5.41, 5.74) is 9.41. The number of fused-ring (bicyclic) bond motifs is 3. The largest absolute Gasteiger partial charge is 0.294 e. The predicted octanol–water partition coefficient (Wildman–Crippen LogP) is 5.18. The van der Waals surface area contributed by atoms with E-state index in [1.807, 2.05) is 0 Å². The molecule has 3 aliphatic carbocycles. The van der Waals surface area contributed by atoms with E-state index in [2.05, 4.69) is 30.3 Å². The summed E-state index contributed by atoms with van der Waals surface area (Å²) in [5, 5.41) is -0.245. The summed E-state index contributed by atoms with van der Waals surface area (Å²) in [7, 11) is 0. The minimum Gasteiger partial charge on any atom is -0.294 e. The Morgan fingerprint density at radius 1 is 0.778 bits per heavy atom. The van der Waals surface area contributed by atoms with Crippen molar-refractivity contribution in [3.8, 4) is 0 Å². The first kappa shape index (κ1) is 18.4. The summed E-state index contributed by atoms with van der Waals surface area (Å²) in [6.07, 6.45) is 10.3. The number of rotatable bonds is 3. The van der Waals surface area contributed by atoms with Crippen LogP contribution in [-0.2, 0) is 43.3 Å². The Morgan fingerprint density at radius 2 is 1.44 bits per heavy atom. The highest BCUT2D eigenvalue weighted by molar-refractivity contribution is 6.63. The average Bonchev–Trinajstić information content (AvgIpc) is 3.38. The lowest BCUT2D eigenvalue weighted by atomic mass is 10.0. The topological polar surface area (TPSA) is 34.1 Å². The zero-order chi connectivity index (χ0) is 18.8. The third-order valence-corrected chi connectivity index (χ3v) is 6.20. The van der Waals surface area contributed by atoms with Gasteiger partial charge >= 0.3 is 0 Å². The summed E-state index contributed by atoms with van der Waals surface area (Å²) >= 11 is 5.31. The van der Waals surface area contributed by atoms with E-state index >= 15 is 0 Å². The number of carbonyl (C=O) groups excluding carboxylic acids is 2. The molecule has 0 N–H and O–H groups in total. The van der Waals surface area contributed by atoms with Crippen LogP contribution in [0.3, 0.4) is 0 Å². The molecule has 0 amide bonds. The zero-order valence-corrected chi connectivity index (χ0v) is 16.4. The first-order valence-corrected chi connectivity index (χ1v) is 10.4. The average molecular weight is 381 g/mol. The van der Waals surface area contributed by atoms with Crippen LogP contribution >= 0.6 is 11.6 Å². The zero-order valence-electron chi connectivity index (χ0n) is 15.7. The van der Waals surface area contributed by atoms with Gasteiger partial charge in [-0.2, -0.15) is 0 Å². The van der Waals surface area contributed by atoms with Gasteiger partial charge in [0.05, 0.1) is 0 Å². The fourth-order valence-electron chi connectivity index (χ4n) is 4.55. The van der Waals surface area contributed by atoms with Gasteiger partial charge in [-0.05, 0) is 102 Å². The third-order valence-electron chi connectivity index (χ3n) is 6.01. The quantitative estimate of drug-likeness (QED) is 0.687. The fourth-order valence-corrected chi connectivity index (χ4v) is 4.64. The highest BCUT2D eigenvalue weighted by Gasteiger charge is 2.22. The van der Waals surface area contributed by atoms with E-state index in [1.54, 1.807) is 0 Å². The summed E-state index contributed by atoms with van der Waals surface area (Å²) < 4.78 is 0. The van der Waals surface area contributed by atoms with Gasteiger partial charge in [0.1, 0.15) is 0 Å². The number of aryl methyl sites for hydroxylation is 6. The molecule has 0 spiro atoms. The van der Waals surface area contributed by atoms with Crippen LogP contribution in [0.5, 0.6) is 0 Å². The number of carbonyl (C=O) groups is 2. The Labute approximate surface area is 165 Å². The monoisotopic (exact) mass is 380 g/mol. The number of hydrogen-bond acceptors (Lipinski definition) is 2. The standard InChI is InChI=1S/C12H13ClO.C12H12O/c13-12(14)7-5-9-4-6-10-2-1-3-11(10)8-9;13-12-5-4-10-6-8-2-1-3-9(8)7-11(10)12/h4,6,8H,1-3,5,7H2;6-7H,1-5H2. The second-order valence-corrected chi connectivity index (χ2v) is 8.29. The lowest BCUT2D eigenvalue weighted by Gasteiger charge is -2.03. The molecule has 0 aliphatic heterocycles. The van der Waals surface area contributed by atoms with Crippen molar-refractivity contribution in [2.24, 2.45) is 0 Å². The van der Waals surface area contributed by atoms with Crippen LogP contribution in [0, 0.1) is 0 Å². The normalized spacial score (nSPS) is 16.4. The molecule has 3 aliphatic rings.